The zero-order chi connectivity index (χ0) is 26.6. The van der Waals surface area contributed by atoms with Gasteiger partial charge in [0.05, 0.1) is 46.0 Å². The maximum Gasteiger partial charge on any atom is 0.310 e. The van der Waals surface area contributed by atoms with Crippen molar-refractivity contribution in [2.24, 2.45) is 11.8 Å². The van der Waals surface area contributed by atoms with E-state index in [0.717, 1.165) is 0 Å². The van der Waals surface area contributed by atoms with Gasteiger partial charge in [0.1, 0.15) is 0 Å². The molecule has 1 unspecified atom stereocenters. The Hall–Kier alpha value is -3.26. The zero-order valence-electron chi connectivity index (χ0n) is 20.8. The number of methoxy groups -OCH3 is 2. The van der Waals surface area contributed by atoms with Gasteiger partial charge in [-0.05, 0) is 41.0 Å². The highest BCUT2D eigenvalue weighted by atomic mass is 32.2. The first-order valence-electron chi connectivity index (χ1n) is 12.2. The second kappa shape index (κ2) is 9.49. The summed E-state index contributed by atoms with van der Waals surface area (Å²) in [5.74, 6) is -1.06. The molecule has 4 aliphatic rings. The molecule has 4 atom stereocenters. The van der Waals surface area contributed by atoms with Crippen molar-refractivity contribution < 1.29 is 46.7 Å². The third kappa shape index (κ3) is 4.01. The van der Waals surface area contributed by atoms with Crippen molar-refractivity contribution in [2.45, 2.75) is 12.0 Å². The molecule has 3 heterocycles. The predicted octanol–water partition coefficient (Wildman–Crippen LogP) is 1.28. The molecule has 0 amide bonds. The molecule has 2 saturated heterocycles. The van der Waals surface area contributed by atoms with Gasteiger partial charge in [-0.25, -0.2) is 0 Å². The Labute approximate surface area is 219 Å². The first-order valence-corrected chi connectivity index (χ1v) is 13.7. The highest BCUT2D eigenvalue weighted by Gasteiger charge is 2.53. The number of carbonyl (C=O) groups excluding carboxylic acids is 1. The van der Waals surface area contributed by atoms with Crippen LogP contribution in [0.1, 0.15) is 28.7 Å². The van der Waals surface area contributed by atoms with Crippen LogP contribution in [0.15, 0.2) is 24.3 Å². The van der Waals surface area contributed by atoms with E-state index in [1.54, 1.807) is 24.3 Å². The van der Waals surface area contributed by atoms with Crippen molar-refractivity contribution in [1.29, 1.82) is 0 Å². The van der Waals surface area contributed by atoms with Crippen LogP contribution in [0.3, 0.4) is 0 Å². The van der Waals surface area contributed by atoms with Crippen molar-refractivity contribution in [2.75, 3.05) is 53.9 Å². The van der Waals surface area contributed by atoms with Crippen molar-refractivity contribution in [3.63, 3.8) is 0 Å². The number of hydrogen-bond acceptors (Lipinski definition) is 10. The lowest BCUT2D eigenvalue weighted by atomic mass is 9.65. The Balaban J connectivity index is 1.51. The Bertz CT molecular complexity index is 1350. The van der Waals surface area contributed by atoms with Crippen LogP contribution in [0.2, 0.25) is 0 Å². The SMILES string of the molecule is COc1cc([C@@H]2c3cc4c(cc3C(NS(=O)(=O)N3CCOCC3)[C@H]3COC(=O)[C@H]23)OCO4)cc(OC)c1O. The maximum atomic E-state index is 13.4. The molecule has 12 nitrogen and oxygen atoms in total. The lowest BCUT2D eigenvalue weighted by Gasteiger charge is -2.40. The highest BCUT2D eigenvalue weighted by molar-refractivity contribution is 7.87. The molecule has 0 aromatic heterocycles. The van der Waals surface area contributed by atoms with Crippen LogP contribution in [-0.4, -0.2) is 77.7 Å². The maximum absolute atomic E-state index is 13.4. The van der Waals surface area contributed by atoms with Crippen LogP contribution in [0.5, 0.6) is 28.7 Å². The summed E-state index contributed by atoms with van der Waals surface area (Å²) in [6, 6.07) is 6.09. The minimum Gasteiger partial charge on any atom is -0.502 e. The van der Waals surface area contributed by atoms with Gasteiger partial charge in [-0.2, -0.15) is 17.4 Å². The average molecular weight is 549 g/mol. The van der Waals surface area contributed by atoms with Gasteiger partial charge in [0.2, 0.25) is 12.5 Å². The summed E-state index contributed by atoms with van der Waals surface area (Å²) in [6.07, 6.45) is 0. The van der Waals surface area contributed by atoms with Crippen LogP contribution in [0.25, 0.3) is 0 Å². The van der Waals surface area contributed by atoms with Gasteiger partial charge >= 0.3 is 5.97 Å². The topological polar surface area (TPSA) is 142 Å². The van der Waals surface area contributed by atoms with Gasteiger partial charge in [-0.15, -0.1) is 0 Å². The number of nitrogens with zero attached hydrogens (tertiary/aromatic N) is 1. The van der Waals surface area contributed by atoms with E-state index in [1.807, 2.05) is 0 Å². The Morgan fingerprint density at radius 2 is 1.61 bits per heavy atom. The number of aromatic hydroxyl groups is 1. The number of phenols is 1. The molecule has 2 aromatic rings. The normalized spacial score (nSPS) is 26.4. The molecule has 3 aliphatic heterocycles. The number of carbonyl (C=O) groups is 1. The fraction of sp³-hybridized carbons (Fsp3) is 0.480. The summed E-state index contributed by atoms with van der Waals surface area (Å²) < 4.78 is 63.9. The molecule has 2 fully saturated rings. The average Bonchev–Trinajstić information content (AvgIpc) is 3.54. The van der Waals surface area contributed by atoms with E-state index in [0.29, 0.717) is 41.4 Å². The molecule has 13 heteroatoms. The van der Waals surface area contributed by atoms with E-state index in [-0.39, 0.29) is 43.7 Å². The number of hydrogen-bond donors (Lipinski definition) is 2. The molecule has 1 aliphatic carbocycles. The Kier molecular flexibility index (Phi) is 6.25. The summed E-state index contributed by atoms with van der Waals surface area (Å²) >= 11 is 0. The molecule has 0 saturated carbocycles. The molecule has 2 N–H and O–H groups in total. The van der Waals surface area contributed by atoms with Gasteiger partial charge < -0.3 is 33.5 Å². The van der Waals surface area contributed by atoms with Crippen LogP contribution in [0.4, 0.5) is 0 Å². The number of fused-ring (bicyclic) bond motifs is 3. The molecular weight excluding hydrogens is 520 g/mol. The van der Waals surface area contributed by atoms with E-state index < -0.39 is 40.0 Å². The molecule has 0 bridgehead atoms. The molecule has 2 aromatic carbocycles. The predicted molar refractivity (Wildman–Crippen MR) is 131 cm³/mol. The minimum absolute atomic E-state index is 0.0306. The number of ether oxygens (including phenoxy) is 6. The minimum atomic E-state index is -3.91. The fourth-order valence-electron chi connectivity index (χ4n) is 5.83. The van der Waals surface area contributed by atoms with Crippen molar-refractivity contribution in [3.8, 4) is 28.7 Å². The number of esters is 1. The standard InChI is InChI=1S/C25H28N2O10S/c1-32-19-7-13(8-20(33-2)24(19)28)21-14-9-17-18(37-12-36-17)10-15(14)23(16-11-35-25(29)22(16)21)26-38(30,31)27-3-5-34-6-4-27/h7-10,16,21-23,26,28H,3-6,11-12H2,1-2H3/t16-,21+,22-,23?/m0/s1. The van der Waals surface area contributed by atoms with E-state index in [4.69, 9.17) is 28.4 Å². The zero-order valence-corrected chi connectivity index (χ0v) is 21.7. The van der Waals surface area contributed by atoms with Crippen LogP contribution in [-0.2, 0) is 24.5 Å². The summed E-state index contributed by atoms with van der Waals surface area (Å²) in [5.41, 5.74) is 1.97. The molecule has 0 spiro atoms. The molecule has 6 rings (SSSR count). The summed E-state index contributed by atoms with van der Waals surface area (Å²) in [4.78, 5) is 13.2. The third-order valence-electron chi connectivity index (χ3n) is 7.63. The van der Waals surface area contributed by atoms with E-state index in [2.05, 4.69) is 4.72 Å². The van der Waals surface area contributed by atoms with Crippen molar-refractivity contribution in [1.82, 2.24) is 9.03 Å². The summed E-state index contributed by atoms with van der Waals surface area (Å²) in [6.45, 7) is 1.14. The fourth-order valence-corrected chi connectivity index (χ4v) is 7.23. The second-order valence-electron chi connectivity index (χ2n) is 9.52. The van der Waals surface area contributed by atoms with Gasteiger partial charge in [0.25, 0.3) is 10.2 Å². The highest BCUT2D eigenvalue weighted by Crippen LogP contribution is 2.55. The van der Waals surface area contributed by atoms with Crippen LogP contribution < -0.4 is 23.7 Å². The largest absolute Gasteiger partial charge is 0.502 e. The Morgan fingerprint density at radius 1 is 0.974 bits per heavy atom. The van der Waals surface area contributed by atoms with Gasteiger partial charge in [0, 0.05) is 24.9 Å². The number of nitrogens with one attached hydrogen (secondary N) is 1. The number of rotatable bonds is 6. The number of phenolic OH excluding ortho intramolecular Hbond substituents is 1. The van der Waals surface area contributed by atoms with Gasteiger partial charge in [0.15, 0.2) is 23.0 Å². The van der Waals surface area contributed by atoms with E-state index in [9.17, 15) is 18.3 Å². The van der Waals surface area contributed by atoms with Crippen molar-refractivity contribution in [3.05, 3.63) is 41.0 Å². The molecule has 38 heavy (non-hydrogen) atoms. The number of cyclic esters (lactones) is 1. The van der Waals surface area contributed by atoms with Crippen molar-refractivity contribution >= 4 is 16.2 Å². The summed E-state index contributed by atoms with van der Waals surface area (Å²) in [7, 11) is -1.06. The lowest BCUT2D eigenvalue weighted by molar-refractivity contribution is -0.141. The summed E-state index contributed by atoms with van der Waals surface area (Å²) in [5, 5.41) is 10.5. The number of morpholine rings is 1. The second-order valence-corrected chi connectivity index (χ2v) is 11.2. The number of benzene rings is 2. The van der Waals surface area contributed by atoms with Gasteiger partial charge in [-0.1, -0.05) is 0 Å². The van der Waals surface area contributed by atoms with E-state index in [1.165, 1.54) is 18.5 Å². The monoisotopic (exact) mass is 548 g/mol. The lowest BCUT2D eigenvalue weighted by Crippen LogP contribution is -2.50. The van der Waals surface area contributed by atoms with Crippen LogP contribution in [0, 0.1) is 11.8 Å². The molecule has 204 valence electrons. The molecular formula is C25H28N2O10S. The quantitative estimate of drug-likeness (QED) is 0.507. The van der Waals surface area contributed by atoms with E-state index >= 15 is 0 Å². The van der Waals surface area contributed by atoms with Crippen LogP contribution >= 0.6 is 0 Å². The van der Waals surface area contributed by atoms with Gasteiger partial charge in [-0.3, -0.25) is 4.79 Å². The smallest absolute Gasteiger partial charge is 0.310 e. The molecule has 0 radical (unpaired) electrons. The first-order chi connectivity index (χ1) is 18.3. The first kappa shape index (κ1) is 25.0. The Morgan fingerprint density at radius 3 is 2.24 bits per heavy atom. The third-order valence-corrected chi connectivity index (χ3v) is 9.23.